The minimum absolute atomic E-state index is 0.0349. The summed E-state index contributed by atoms with van der Waals surface area (Å²) in [6, 6.07) is 13.7. The number of carbonyl (C=O) groups excluding carboxylic acids is 1. The molecule has 0 aliphatic rings. The van der Waals surface area contributed by atoms with Crippen molar-refractivity contribution in [2.75, 3.05) is 33.2 Å². The first-order chi connectivity index (χ1) is 14.5. The first kappa shape index (κ1) is 23.2. The number of rotatable bonds is 10. The zero-order valence-electron chi connectivity index (χ0n) is 18.4. The standard InChI is InChI=1S/C23H33N5O2/c1-5-24-23(26-16-19(3)30-21-12-7-6-10-18(21)2)27-17-22(29)28(4)15-13-20-11-8-9-14-25-20/h6-12,14,19H,5,13,15-17H2,1-4H3,(H2,24,26,27). The van der Waals surface area contributed by atoms with Gasteiger partial charge < -0.3 is 20.3 Å². The second kappa shape index (κ2) is 12.5. The maximum absolute atomic E-state index is 12.4. The smallest absolute Gasteiger partial charge is 0.244 e. The van der Waals surface area contributed by atoms with E-state index in [0.717, 1.165) is 23.4 Å². The van der Waals surface area contributed by atoms with Crippen LogP contribution in [0.1, 0.15) is 25.1 Å². The Morgan fingerprint density at radius 3 is 2.67 bits per heavy atom. The Morgan fingerprint density at radius 2 is 1.97 bits per heavy atom. The van der Waals surface area contributed by atoms with E-state index in [-0.39, 0.29) is 18.6 Å². The lowest BCUT2D eigenvalue weighted by Gasteiger charge is -2.19. The van der Waals surface area contributed by atoms with E-state index in [1.54, 1.807) is 18.1 Å². The maximum Gasteiger partial charge on any atom is 0.244 e. The third-order valence-electron chi connectivity index (χ3n) is 4.55. The lowest BCUT2D eigenvalue weighted by molar-refractivity contribution is -0.128. The first-order valence-electron chi connectivity index (χ1n) is 10.4. The van der Waals surface area contributed by atoms with Gasteiger partial charge in [0.2, 0.25) is 5.91 Å². The van der Waals surface area contributed by atoms with Gasteiger partial charge in [0.15, 0.2) is 5.96 Å². The van der Waals surface area contributed by atoms with Gasteiger partial charge in [-0.3, -0.25) is 9.78 Å². The predicted molar refractivity (Wildman–Crippen MR) is 121 cm³/mol. The van der Waals surface area contributed by atoms with Crippen LogP contribution >= 0.6 is 0 Å². The monoisotopic (exact) mass is 411 g/mol. The highest BCUT2D eigenvalue weighted by molar-refractivity contribution is 5.84. The van der Waals surface area contributed by atoms with E-state index >= 15 is 0 Å². The molecule has 0 aliphatic heterocycles. The van der Waals surface area contributed by atoms with Crippen LogP contribution in [0, 0.1) is 6.92 Å². The van der Waals surface area contributed by atoms with E-state index in [1.807, 2.05) is 63.2 Å². The summed E-state index contributed by atoms with van der Waals surface area (Å²) in [4.78, 5) is 22.8. The maximum atomic E-state index is 12.4. The number of nitrogens with zero attached hydrogens (tertiary/aromatic N) is 3. The van der Waals surface area contributed by atoms with Gasteiger partial charge in [-0.05, 0) is 44.5 Å². The highest BCUT2D eigenvalue weighted by Crippen LogP contribution is 2.17. The molecule has 162 valence electrons. The van der Waals surface area contributed by atoms with Crippen molar-refractivity contribution >= 4 is 11.9 Å². The van der Waals surface area contributed by atoms with E-state index < -0.39 is 0 Å². The zero-order chi connectivity index (χ0) is 21.8. The Balaban J connectivity index is 1.80. The SMILES string of the molecule is CCNC(=NCC(=O)N(C)CCc1ccccn1)NCC(C)Oc1ccccc1C. The van der Waals surface area contributed by atoms with Crippen molar-refractivity contribution in [2.24, 2.45) is 4.99 Å². The van der Waals surface area contributed by atoms with Crippen LogP contribution in [0.5, 0.6) is 5.75 Å². The molecule has 1 heterocycles. The number of hydrogen-bond acceptors (Lipinski definition) is 4. The van der Waals surface area contributed by atoms with Crippen LogP contribution < -0.4 is 15.4 Å². The topological polar surface area (TPSA) is 78.9 Å². The number of carbonyl (C=O) groups is 1. The van der Waals surface area contributed by atoms with Gasteiger partial charge in [-0.2, -0.15) is 0 Å². The minimum atomic E-state index is -0.0493. The van der Waals surface area contributed by atoms with Gasteiger partial charge in [-0.25, -0.2) is 4.99 Å². The van der Waals surface area contributed by atoms with Crippen molar-refractivity contribution < 1.29 is 9.53 Å². The van der Waals surface area contributed by atoms with Gasteiger partial charge in [-0.15, -0.1) is 0 Å². The molecule has 1 amide bonds. The molecule has 1 aromatic carbocycles. The number of amides is 1. The summed E-state index contributed by atoms with van der Waals surface area (Å²) in [5, 5.41) is 6.41. The van der Waals surface area contributed by atoms with Crippen molar-refractivity contribution in [3.05, 3.63) is 59.9 Å². The Labute approximate surface area is 179 Å². The van der Waals surface area contributed by atoms with Gasteiger partial charge >= 0.3 is 0 Å². The number of para-hydroxylation sites is 1. The fourth-order valence-electron chi connectivity index (χ4n) is 2.75. The van der Waals surface area contributed by atoms with Crippen molar-refractivity contribution in [1.29, 1.82) is 0 Å². The van der Waals surface area contributed by atoms with Crippen molar-refractivity contribution in [1.82, 2.24) is 20.5 Å². The molecular weight excluding hydrogens is 378 g/mol. The molecular formula is C23H33N5O2. The zero-order valence-corrected chi connectivity index (χ0v) is 18.4. The van der Waals surface area contributed by atoms with Crippen LogP contribution in [0.25, 0.3) is 0 Å². The average molecular weight is 412 g/mol. The molecule has 0 spiro atoms. The second-order valence-corrected chi connectivity index (χ2v) is 7.16. The van der Waals surface area contributed by atoms with Gasteiger partial charge in [-0.1, -0.05) is 24.3 Å². The van der Waals surface area contributed by atoms with Gasteiger partial charge in [0.1, 0.15) is 18.4 Å². The number of aromatic nitrogens is 1. The Bertz CT molecular complexity index is 810. The highest BCUT2D eigenvalue weighted by atomic mass is 16.5. The van der Waals surface area contributed by atoms with Crippen LogP contribution in [0.3, 0.4) is 0 Å². The van der Waals surface area contributed by atoms with E-state index in [9.17, 15) is 4.79 Å². The molecule has 1 aromatic heterocycles. The van der Waals surface area contributed by atoms with E-state index in [2.05, 4.69) is 20.6 Å². The largest absolute Gasteiger partial charge is 0.489 e. The van der Waals surface area contributed by atoms with Crippen molar-refractivity contribution in [3.8, 4) is 5.75 Å². The minimum Gasteiger partial charge on any atom is -0.489 e. The van der Waals surface area contributed by atoms with Crippen molar-refractivity contribution in [3.63, 3.8) is 0 Å². The van der Waals surface area contributed by atoms with Gasteiger partial charge in [0.05, 0.1) is 6.54 Å². The Morgan fingerprint density at radius 1 is 1.20 bits per heavy atom. The molecule has 30 heavy (non-hydrogen) atoms. The molecule has 2 aromatic rings. The molecule has 1 atom stereocenters. The molecule has 0 saturated heterocycles. The summed E-state index contributed by atoms with van der Waals surface area (Å²) in [5.74, 6) is 1.44. The van der Waals surface area contributed by atoms with Crippen LogP contribution in [-0.4, -0.2) is 61.1 Å². The highest BCUT2D eigenvalue weighted by Gasteiger charge is 2.10. The number of nitrogens with one attached hydrogen (secondary N) is 2. The quantitative estimate of drug-likeness (QED) is 0.464. The van der Waals surface area contributed by atoms with E-state index in [0.29, 0.717) is 25.6 Å². The molecule has 0 aliphatic carbocycles. The molecule has 0 fully saturated rings. The van der Waals surface area contributed by atoms with E-state index in [4.69, 9.17) is 4.74 Å². The number of guanidine groups is 1. The second-order valence-electron chi connectivity index (χ2n) is 7.16. The summed E-state index contributed by atoms with van der Waals surface area (Å²) >= 11 is 0. The third kappa shape index (κ3) is 8.11. The molecule has 7 nitrogen and oxygen atoms in total. The first-order valence-corrected chi connectivity index (χ1v) is 10.4. The Hall–Kier alpha value is -3.09. The molecule has 0 saturated carbocycles. The van der Waals surface area contributed by atoms with Gasteiger partial charge in [0.25, 0.3) is 0 Å². The number of benzene rings is 1. The number of ether oxygens (including phenoxy) is 1. The number of pyridine rings is 1. The van der Waals surface area contributed by atoms with Crippen LogP contribution in [0.2, 0.25) is 0 Å². The summed E-state index contributed by atoms with van der Waals surface area (Å²) in [7, 11) is 1.79. The lowest BCUT2D eigenvalue weighted by atomic mass is 10.2. The number of aryl methyl sites for hydroxylation is 1. The summed E-state index contributed by atoms with van der Waals surface area (Å²) in [5.41, 5.74) is 2.07. The van der Waals surface area contributed by atoms with Crippen LogP contribution in [0.4, 0.5) is 0 Å². The number of likely N-dealkylation sites (N-methyl/N-ethyl adjacent to an activating group) is 1. The van der Waals surface area contributed by atoms with Crippen LogP contribution in [-0.2, 0) is 11.2 Å². The molecule has 1 unspecified atom stereocenters. The molecule has 7 heteroatoms. The molecule has 2 rings (SSSR count). The summed E-state index contributed by atoms with van der Waals surface area (Å²) in [6.45, 7) is 7.99. The normalized spacial score (nSPS) is 12.2. The molecule has 0 radical (unpaired) electrons. The predicted octanol–water partition coefficient (Wildman–Crippen LogP) is 2.41. The van der Waals surface area contributed by atoms with Crippen LogP contribution in [0.15, 0.2) is 53.7 Å². The number of hydrogen-bond donors (Lipinski definition) is 2. The summed E-state index contributed by atoms with van der Waals surface area (Å²) in [6.07, 6.45) is 2.44. The summed E-state index contributed by atoms with van der Waals surface area (Å²) < 4.78 is 5.99. The Kier molecular flexibility index (Phi) is 9.64. The fraction of sp³-hybridized carbons (Fsp3) is 0.435. The molecule has 0 bridgehead atoms. The third-order valence-corrected chi connectivity index (χ3v) is 4.55. The van der Waals surface area contributed by atoms with Gasteiger partial charge in [0, 0.05) is 38.4 Å². The lowest BCUT2D eigenvalue weighted by Crippen LogP contribution is -2.42. The van der Waals surface area contributed by atoms with E-state index in [1.165, 1.54) is 0 Å². The number of aliphatic imine (C=N–C) groups is 1. The average Bonchev–Trinajstić information content (AvgIpc) is 2.76. The fourth-order valence-corrected chi connectivity index (χ4v) is 2.75. The molecule has 2 N–H and O–H groups in total. The van der Waals surface area contributed by atoms with Crippen molar-refractivity contribution in [2.45, 2.75) is 33.3 Å².